The van der Waals surface area contributed by atoms with Crippen molar-refractivity contribution in [1.82, 2.24) is 20.3 Å². The van der Waals surface area contributed by atoms with Gasteiger partial charge in [0.15, 0.2) is 0 Å². The SMILES string of the molecule is O=C(c1ccc2n[nH]nc2c1)N(CC(F)F)C1CC1. The highest BCUT2D eigenvalue weighted by molar-refractivity contribution is 5.97. The number of aromatic amines is 1. The minimum Gasteiger partial charge on any atom is -0.330 e. The Hall–Kier alpha value is -2.05. The first kappa shape index (κ1) is 12.0. The van der Waals surface area contributed by atoms with E-state index < -0.39 is 13.0 Å². The van der Waals surface area contributed by atoms with Crippen LogP contribution < -0.4 is 0 Å². The molecule has 0 unspecified atom stereocenters. The van der Waals surface area contributed by atoms with E-state index in [4.69, 9.17) is 0 Å². The van der Waals surface area contributed by atoms with Gasteiger partial charge < -0.3 is 4.90 Å². The summed E-state index contributed by atoms with van der Waals surface area (Å²) in [6.45, 7) is -0.514. The molecule has 1 fully saturated rings. The maximum absolute atomic E-state index is 12.5. The number of alkyl halides is 2. The maximum atomic E-state index is 12.5. The van der Waals surface area contributed by atoms with Gasteiger partial charge in [0.05, 0.1) is 6.54 Å². The molecule has 7 heteroatoms. The van der Waals surface area contributed by atoms with Crippen LogP contribution in [0.15, 0.2) is 18.2 Å². The summed E-state index contributed by atoms with van der Waals surface area (Å²) in [6, 6.07) is 4.77. The molecule has 2 aromatic rings. The van der Waals surface area contributed by atoms with E-state index in [9.17, 15) is 13.6 Å². The molecule has 0 spiro atoms. The quantitative estimate of drug-likeness (QED) is 0.918. The van der Waals surface area contributed by atoms with E-state index >= 15 is 0 Å². The molecule has 0 bridgehead atoms. The molecule has 1 aromatic carbocycles. The molecular weight excluding hydrogens is 254 g/mol. The normalized spacial score (nSPS) is 15.1. The number of carbonyl (C=O) groups is 1. The van der Waals surface area contributed by atoms with Gasteiger partial charge in [-0.2, -0.15) is 15.4 Å². The first-order valence-electron chi connectivity index (χ1n) is 6.05. The van der Waals surface area contributed by atoms with Crippen molar-refractivity contribution >= 4 is 16.9 Å². The van der Waals surface area contributed by atoms with E-state index in [2.05, 4.69) is 15.4 Å². The molecule has 1 heterocycles. The summed E-state index contributed by atoms with van der Waals surface area (Å²) in [6.07, 6.45) is -0.921. The maximum Gasteiger partial charge on any atom is 0.255 e. The van der Waals surface area contributed by atoms with Gasteiger partial charge in [0.1, 0.15) is 11.0 Å². The Balaban J connectivity index is 1.87. The van der Waals surface area contributed by atoms with Gasteiger partial charge in [-0.05, 0) is 31.0 Å². The van der Waals surface area contributed by atoms with E-state index in [0.717, 1.165) is 12.8 Å². The number of fused-ring (bicyclic) bond motifs is 1. The molecule has 1 aliphatic rings. The van der Waals surface area contributed by atoms with Gasteiger partial charge in [-0.25, -0.2) is 8.78 Å². The summed E-state index contributed by atoms with van der Waals surface area (Å²) < 4.78 is 25.1. The molecule has 3 rings (SSSR count). The molecule has 0 atom stereocenters. The zero-order valence-corrected chi connectivity index (χ0v) is 10.0. The van der Waals surface area contributed by atoms with Gasteiger partial charge in [-0.15, -0.1) is 0 Å². The Labute approximate surface area is 107 Å². The van der Waals surface area contributed by atoms with Crippen LogP contribution in [0, 0.1) is 0 Å². The molecule has 1 aromatic heterocycles. The summed E-state index contributed by atoms with van der Waals surface area (Å²) in [5, 5.41) is 10.2. The zero-order valence-electron chi connectivity index (χ0n) is 10.0. The fourth-order valence-corrected chi connectivity index (χ4v) is 2.07. The molecule has 0 saturated heterocycles. The van der Waals surface area contributed by atoms with Gasteiger partial charge >= 0.3 is 0 Å². The third-order valence-corrected chi connectivity index (χ3v) is 3.15. The fraction of sp³-hybridized carbons (Fsp3) is 0.417. The lowest BCUT2D eigenvalue weighted by atomic mass is 10.1. The van der Waals surface area contributed by atoms with E-state index in [-0.39, 0.29) is 11.9 Å². The molecule has 1 saturated carbocycles. The minimum absolute atomic E-state index is 0.0468. The highest BCUT2D eigenvalue weighted by Crippen LogP contribution is 2.29. The van der Waals surface area contributed by atoms with Crippen LogP contribution in [-0.4, -0.2) is 45.2 Å². The Morgan fingerprint density at radius 1 is 1.37 bits per heavy atom. The van der Waals surface area contributed by atoms with Crippen LogP contribution in [-0.2, 0) is 0 Å². The second kappa shape index (κ2) is 4.56. The third kappa shape index (κ3) is 2.40. The Morgan fingerprint density at radius 2 is 2.11 bits per heavy atom. The number of aromatic nitrogens is 3. The van der Waals surface area contributed by atoms with Crippen LogP contribution in [0.25, 0.3) is 11.0 Å². The molecule has 0 radical (unpaired) electrons. The highest BCUT2D eigenvalue weighted by atomic mass is 19.3. The van der Waals surface area contributed by atoms with Crippen molar-refractivity contribution in [2.24, 2.45) is 0 Å². The van der Waals surface area contributed by atoms with E-state index in [1.165, 1.54) is 4.90 Å². The standard InChI is InChI=1S/C12H12F2N4O/c13-11(14)6-18(8-2-3-8)12(19)7-1-4-9-10(5-7)16-17-15-9/h1,4-5,8,11H,2-3,6H2,(H,15,16,17). The summed E-state index contributed by atoms with van der Waals surface area (Å²) in [7, 11) is 0. The number of hydrogen-bond donors (Lipinski definition) is 1. The Bertz CT molecular complexity index is 609. The van der Waals surface area contributed by atoms with E-state index in [1.807, 2.05) is 0 Å². The van der Waals surface area contributed by atoms with Crippen LogP contribution >= 0.6 is 0 Å². The average Bonchev–Trinajstić information content (AvgIpc) is 3.12. The van der Waals surface area contributed by atoms with Crippen LogP contribution in [0.4, 0.5) is 8.78 Å². The molecule has 1 aliphatic carbocycles. The minimum atomic E-state index is -2.51. The lowest BCUT2D eigenvalue weighted by molar-refractivity contribution is 0.0534. The second-order valence-corrected chi connectivity index (χ2v) is 4.61. The summed E-state index contributed by atoms with van der Waals surface area (Å²) in [4.78, 5) is 13.5. The van der Waals surface area contributed by atoms with E-state index in [1.54, 1.807) is 18.2 Å². The first-order chi connectivity index (χ1) is 9.15. The van der Waals surface area contributed by atoms with Gasteiger partial charge in [-0.1, -0.05) is 0 Å². The van der Waals surface area contributed by atoms with Crippen LogP contribution in [0.3, 0.4) is 0 Å². The van der Waals surface area contributed by atoms with Gasteiger partial charge in [0.25, 0.3) is 12.3 Å². The average molecular weight is 266 g/mol. The summed E-state index contributed by atoms with van der Waals surface area (Å²) in [5.74, 6) is -0.368. The predicted molar refractivity (Wildman–Crippen MR) is 64.0 cm³/mol. The number of amides is 1. The fourth-order valence-electron chi connectivity index (χ4n) is 2.07. The van der Waals surface area contributed by atoms with Crippen molar-refractivity contribution in [2.45, 2.75) is 25.3 Å². The van der Waals surface area contributed by atoms with Crippen molar-refractivity contribution in [3.8, 4) is 0 Å². The van der Waals surface area contributed by atoms with Crippen LogP contribution in [0.1, 0.15) is 23.2 Å². The number of benzene rings is 1. The molecule has 19 heavy (non-hydrogen) atoms. The molecule has 1 N–H and O–H groups in total. The first-order valence-corrected chi connectivity index (χ1v) is 6.05. The summed E-state index contributed by atoms with van der Waals surface area (Å²) in [5.41, 5.74) is 1.57. The molecule has 5 nitrogen and oxygen atoms in total. The Kier molecular flexibility index (Phi) is 2.88. The van der Waals surface area contributed by atoms with Crippen molar-refractivity contribution in [2.75, 3.05) is 6.54 Å². The number of nitrogens with one attached hydrogen (secondary N) is 1. The number of nitrogens with zero attached hydrogens (tertiary/aromatic N) is 3. The zero-order chi connectivity index (χ0) is 13.4. The Morgan fingerprint density at radius 3 is 2.79 bits per heavy atom. The topological polar surface area (TPSA) is 61.9 Å². The largest absolute Gasteiger partial charge is 0.330 e. The van der Waals surface area contributed by atoms with Gasteiger partial charge in [0, 0.05) is 11.6 Å². The number of rotatable bonds is 4. The van der Waals surface area contributed by atoms with Crippen LogP contribution in [0.2, 0.25) is 0 Å². The lowest BCUT2D eigenvalue weighted by Gasteiger charge is -2.21. The number of hydrogen-bond acceptors (Lipinski definition) is 3. The van der Waals surface area contributed by atoms with Crippen molar-refractivity contribution < 1.29 is 13.6 Å². The predicted octanol–water partition coefficient (Wildman–Crippen LogP) is 1.83. The van der Waals surface area contributed by atoms with Crippen molar-refractivity contribution in [3.05, 3.63) is 23.8 Å². The molecule has 100 valence electrons. The lowest BCUT2D eigenvalue weighted by Crippen LogP contribution is -2.36. The van der Waals surface area contributed by atoms with Gasteiger partial charge in [-0.3, -0.25) is 4.79 Å². The number of carbonyl (C=O) groups excluding carboxylic acids is 1. The smallest absolute Gasteiger partial charge is 0.255 e. The number of H-pyrrole nitrogens is 1. The molecular formula is C12H12F2N4O. The molecule has 1 amide bonds. The molecule has 0 aliphatic heterocycles. The number of halogens is 2. The third-order valence-electron chi connectivity index (χ3n) is 3.15. The van der Waals surface area contributed by atoms with E-state index in [0.29, 0.717) is 16.6 Å². The second-order valence-electron chi connectivity index (χ2n) is 4.61. The highest BCUT2D eigenvalue weighted by Gasteiger charge is 2.34. The summed E-state index contributed by atoms with van der Waals surface area (Å²) >= 11 is 0. The van der Waals surface area contributed by atoms with Gasteiger partial charge in [0.2, 0.25) is 0 Å². The van der Waals surface area contributed by atoms with Crippen LogP contribution in [0.5, 0.6) is 0 Å². The monoisotopic (exact) mass is 266 g/mol. The van der Waals surface area contributed by atoms with Crippen molar-refractivity contribution in [3.63, 3.8) is 0 Å². The van der Waals surface area contributed by atoms with Crippen molar-refractivity contribution in [1.29, 1.82) is 0 Å².